The van der Waals surface area contributed by atoms with Crippen molar-refractivity contribution in [3.63, 3.8) is 0 Å². The molecule has 1 amide bonds. The summed E-state index contributed by atoms with van der Waals surface area (Å²) in [5.41, 5.74) is 2.87. The number of hydrogen-bond acceptors (Lipinski definition) is 2. The summed E-state index contributed by atoms with van der Waals surface area (Å²) in [6.45, 7) is 1.14. The maximum absolute atomic E-state index is 12.2. The third kappa shape index (κ3) is 2.99. The van der Waals surface area contributed by atoms with Crippen molar-refractivity contribution in [3.05, 3.63) is 58.1 Å². The van der Waals surface area contributed by atoms with Gasteiger partial charge in [-0.15, -0.1) is 0 Å². The Bertz CT molecular complexity index is 667. The molecule has 3 nitrogen and oxygen atoms in total. The molecule has 0 fully saturated rings. The van der Waals surface area contributed by atoms with Crippen LogP contribution in [0.3, 0.4) is 0 Å². The summed E-state index contributed by atoms with van der Waals surface area (Å²) in [5, 5.41) is 3.68. The van der Waals surface area contributed by atoms with Crippen molar-refractivity contribution in [1.82, 2.24) is 0 Å². The Labute approximate surface area is 133 Å². The first-order chi connectivity index (χ1) is 10.1. The molecule has 1 heterocycles. The minimum Gasteiger partial charge on any atom is -0.362 e. The number of hydrogen-bond donors (Lipinski definition) is 1. The highest BCUT2D eigenvalue weighted by Gasteiger charge is 2.21. The van der Waals surface area contributed by atoms with Crippen LogP contribution >= 0.6 is 23.2 Å². The van der Waals surface area contributed by atoms with Crippen molar-refractivity contribution < 1.29 is 4.79 Å². The van der Waals surface area contributed by atoms with E-state index in [1.165, 1.54) is 5.56 Å². The number of amides is 1. The van der Waals surface area contributed by atoms with Crippen LogP contribution in [0.4, 0.5) is 11.4 Å². The monoisotopic (exact) mass is 320 g/mol. The number of para-hydroxylation sites is 2. The molecule has 0 atom stereocenters. The minimum atomic E-state index is -0.123. The topological polar surface area (TPSA) is 32.3 Å². The van der Waals surface area contributed by atoms with Gasteiger partial charge < -0.3 is 10.2 Å². The van der Waals surface area contributed by atoms with E-state index < -0.39 is 0 Å². The predicted molar refractivity (Wildman–Crippen MR) is 87.5 cm³/mol. The van der Waals surface area contributed by atoms with Gasteiger partial charge >= 0.3 is 0 Å². The summed E-state index contributed by atoms with van der Waals surface area (Å²) in [6.07, 6.45) is 0.969. The number of fused-ring (bicyclic) bond motifs is 1. The van der Waals surface area contributed by atoms with Crippen molar-refractivity contribution in [2.75, 3.05) is 23.3 Å². The van der Waals surface area contributed by atoms with Crippen molar-refractivity contribution in [3.8, 4) is 0 Å². The lowest BCUT2D eigenvalue weighted by Crippen LogP contribution is -2.32. The van der Waals surface area contributed by atoms with E-state index in [0.717, 1.165) is 18.7 Å². The summed E-state index contributed by atoms with van der Waals surface area (Å²) in [7, 11) is 0. The lowest BCUT2D eigenvalue weighted by Gasteiger charge is -2.19. The van der Waals surface area contributed by atoms with Crippen molar-refractivity contribution in [2.45, 2.75) is 6.42 Å². The van der Waals surface area contributed by atoms with Gasteiger partial charge in [0.1, 0.15) is 0 Å². The van der Waals surface area contributed by atoms with Gasteiger partial charge in [0.25, 0.3) is 0 Å². The van der Waals surface area contributed by atoms with E-state index in [2.05, 4.69) is 16.3 Å². The van der Waals surface area contributed by atoms with Gasteiger partial charge in [0.05, 0.1) is 22.3 Å². The molecule has 5 heteroatoms. The second-order valence-corrected chi connectivity index (χ2v) is 5.76. The molecule has 0 aliphatic carbocycles. The molecule has 21 heavy (non-hydrogen) atoms. The number of carbonyl (C=O) groups excluding carboxylic acids is 1. The van der Waals surface area contributed by atoms with Gasteiger partial charge in [-0.25, -0.2) is 0 Å². The Hall–Kier alpha value is -1.71. The second-order valence-electron chi connectivity index (χ2n) is 4.95. The molecule has 1 aliphatic heterocycles. The van der Waals surface area contributed by atoms with Crippen LogP contribution in [0.25, 0.3) is 0 Å². The Morgan fingerprint density at radius 1 is 1.10 bits per heavy atom. The Morgan fingerprint density at radius 3 is 2.57 bits per heavy atom. The standard InChI is InChI=1S/C16H14Cl2N2O/c17-12-5-3-6-13(18)16(12)19-15(21)10-20-9-8-11-4-1-2-7-14(11)20/h1-7H,8-10H2,(H,19,21). The van der Waals surface area contributed by atoms with Crippen molar-refractivity contribution >= 4 is 40.5 Å². The molecule has 0 aromatic heterocycles. The Balaban J connectivity index is 1.71. The summed E-state index contributed by atoms with van der Waals surface area (Å²) in [5.74, 6) is -0.123. The largest absolute Gasteiger partial charge is 0.362 e. The van der Waals surface area contributed by atoms with E-state index >= 15 is 0 Å². The third-order valence-corrected chi connectivity index (χ3v) is 4.17. The van der Waals surface area contributed by atoms with Crippen LogP contribution in [0.2, 0.25) is 10.0 Å². The summed E-state index contributed by atoms with van der Waals surface area (Å²) >= 11 is 12.1. The minimum absolute atomic E-state index is 0.123. The molecule has 1 aliphatic rings. The van der Waals surface area contributed by atoms with Gasteiger partial charge in [0.15, 0.2) is 0 Å². The number of nitrogens with zero attached hydrogens (tertiary/aromatic N) is 1. The van der Waals surface area contributed by atoms with Gasteiger partial charge in [-0.05, 0) is 30.2 Å². The molecule has 0 radical (unpaired) electrons. The molecule has 0 spiro atoms. The van der Waals surface area contributed by atoms with E-state index in [1.807, 2.05) is 18.2 Å². The number of carbonyl (C=O) groups is 1. The number of anilines is 2. The average Bonchev–Trinajstić information content (AvgIpc) is 2.87. The van der Waals surface area contributed by atoms with Crippen LogP contribution < -0.4 is 10.2 Å². The van der Waals surface area contributed by atoms with Gasteiger partial charge in [-0.1, -0.05) is 47.5 Å². The molecule has 0 bridgehead atoms. The lowest BCUT2D eigenvalue weighted by molar-refractivity contribution is -0.115. The fraction of sp³-hybridized carbons (Fsp3) is 0.188. The smallest absolute Gasteiger partial charge is 0.243 e. The maximum atomic E-state index is 12.2. The second kappa shape index (κ2) is 5.96. The highest BCUT2D eigenvalue weighted by Crippen LogP contribution is 2.30. The highest BCUT2D eigenvalue weighted by atomic mass is 35.5. The molecule has 0 unspecified atom stereocenters. The molecule has 1 N–H and O–H groups in total. The molecular weight excluding hydrogens is 307 g/mol. The zero-order chi connectivity index (χ0) is 14.8. The Morgan fingerprint density at radius 2 is 1.81 bits per heavy atom. The van der Waals surface area contributed by atoms with Crippen LogP contribution in [0.1, 0.15) is 5.56 Å². The first kappa shape index (κ1) is 14.2. The summed E-state index contributed by atoms with van der Waals surface area (Å²) < 4.78 is 0. The van der Waals surface area contributed by atoms with E-state index in [1.54, 1.807) is 18.2 Å². The molecule has 3 rings (SSSR count). The van der Waals surface area contributed by atoms with Gasteiger partial charge in [0.2, 0.25) is 5.91 Å². The van der Waals surface area contributed by atoms with Crippen LogP contribution in [0, 0.1) is 0 Å². The maximum Gasteiger partial charge on any atom is 0.243 e. The zero-order valence-electron chi connectivity index (χ0n) is 11.3. The van der Waals surface area contributed by atoms with E-state index in [9.17, 15) is 4.79 Å². The fourth-order valence-electron chi connectivity index (χ4n) is 2.54. The van der Waals surface area contributed by atoms with Crippen molar-refractivity contribution in [1.29, 1.82) is 0 Å². The van der Waals surface area contributed by atoms with E-state index in [0.29, 0.717) is 22.3 Å². The molecule has 108 valence electrons. The van der Waals surface area contributed by atoms with Gasteiger partial charge in [0, 0.05) is 12.2 Å². The van der Waals surface area contributed by atoms with Gasteiger partial charge in [-0.2, -0.15) is 0 Å². The van der Waals surface area contributed by atoms with Crippen molar-refractivity contribution in [2.24, 2.45) is 0 Å². The molecule has 2 aromatic rings. The molecule has 0 saturated carbocycles. The Kier molecular flexibility index (Phi) is 4.04. The number of nitrogens with one attached hydrogen (secondary N) is 1. The SMILES string of the molecule is O=C(CN1CCc2ccccc21)Nc1c(Cl)cccc1Cl. The molecular formula is C16H14Cl2N2O. The molecule has 0 saturated heterocycles. The molecule has 2 aromatic carbocycles. The average molecular weight is 321 g/mol. The summed E-state index contributed by atoms with van der Waals surface area (Å²) in [6, 6.07) is 13.3. The van der Waals surface area contributed by atoms with Gasteiger partial charge in [-0.3, -0.25) is 4.79 Å². The van der Waals surface area contributed by atoms with E-state index in [-0.39, 0.29) is 5.91 Å². The van der Waals surface area contributed by atoms with Crippen LogP contribution in [0.5, 0.6) is 0 Å². The first-order valence-electron chi connectivity index (χ1n) is 6.72. The zero-order valence-corrected chi connectivity index (χ0v) is 12.8. The summed E-state index contributed by atoms with van der Waals surface area (Å²) in [4.78, 5) is 14.3. The van der Waals surface area contributed by atoms with E-state index in [4.69, 9.17) is 23.2 Å². The highest BCUT2D eigenvalue weighted by molar-refractivity contribution is 6.39. The van der Waals surface area contributed by atoms with Crippen LogP contribution in [0.15, 0.2) is 42.5 Å². The third-order valence-electron chi connectivity index (χ3n) is 3.55. The first-order valence-corrected chi connectivity index (χ1v) is 7.47. The number of rotatable bonds is 3. The number of benzene rings is 2. The number of halogens is 2. The predicted octanol–water partition coefficient (Wildman–Crippen LogP) is 3.99. The fourth-order valence-corrected chi connectivity index (χ4v) is 3.03. The lowest BCUT2D eigenvalue weighted by atomic mass is 10.2. The van der Waals surface area contributed by atoms with Crippen LogP contribution in [-0.2, 0) is 11.2 Å². The normalized spacial score (nSPS) is 13.1. The van der Waals surface area contributed by atoms with Crippen LogP contribution in [-0.4, -0.2) is 19.0 Å². The quantitative estimate of drug-likeness (QED) is 0.927.